The summed E-state index contributed by atoms with van der Waals surface area (Å²) in [4.78, 5) is 22.4. The van der Waals surface area contributed by atoms with Gasteiger partial charge >= 0.3 is 0 Å². The summed E-state index contributed by atoms with van der Waals surface area (Å²) in [5.41, 5.74) is 4.12. The highest BCUT2D eigenvalue weighted by atomic mass is 16.2. The fourth-order valence-electron chi connectivity index (χ4n) is 1.31. The monoisotopic (exact) mass is 218 g/mol. The highest BCUT2D eigenvalue weighted by molar-refractivity contribution is 5.81. The molecule has 0 saturated carbocycles. The first-order chi connectivity index (χ1) is 6.82. The first-order valence-electron chi connectivity index (χ1n) is 4.64. The molecule has 0 heterocycles. The molecule has 0 rings (SSSR count). The lowest BCUT2D eigenvalue weighted by Crippen LogP contribution is -2.55. The Morgan fingerprint density at radius 2 is 1.73 bits per heavy atom. The summed E-state index contributed by atoms with van der Waals surface area (Å²) in [6.07, 6.45) is 0.597. The molecule has 2 amide bonds. The van der Waals surface area contributed by atoms with Crippen LogP contribution in [0.1, 0.15) is 12.8 Å². The minimum atomic E-state index is -0.368. The van der Waals surface area contributed by atoms with E-state index in [0.29, 0.717) is 10.9 Å². The van der Waals surface area contributed by atoms with Crippen LogP contribution in [0.3, 0.4) is 0 Å². The molecule has 1 unspecified atom stereocenters. The Bertz CT molecular complexity index is 236. The fraction of sp³-hybridized carbons (Fsp3) is 0.750. The molecule has 0 aliphatic carbocycles. The Balaban J connectivity index is 4.40. The first-order valence-corrected chi connectivity index (χ1v) is 4.64. The normalized spacial score (nSPS) is 13.1. The average Bonchev–Trinajstić information content (AvgIpc) is 2.15. The number of likely N-dealkylation sites (N-methyl/N-ethyl adjacent to an activating group) is 1. The minimum Gasteiger partial charge on any atom is -0.321 e. The lowest BCUT2D eigenvalue weighted by atomic mass is 10.1. The molecular formula is C8H20N5O2+. The smallest absolute Gasteiger partial charge is 0.292 e. The van der Waals surface area contributed by atoms with Gasteiger partial charge in [-0.3, -0.25) is 20.4 Å². The summed E-state index contributed by atoms with van der Waals surface area (Å²) in [5.74, 6) is 9.44. The standard InChI is InChI=1S/C8H19N5O2/c1-13(2,3)6(8(15)12-10)4-5-7(14)11-9/h6H,4-5,9-10H2,1-3H3,(H-,11,12,14,15)/p+1. The van der Waals surface area contributed by atoms with Gasteiger partial charge in [-0.15, -0.1) is 0 Å². The van der Waals surface area contributed by atoms with E-state index < -0.39 is 0 Å². The van der Waals surface area contributed by atoms with E-state index in [1.165, 1.54) is 0 Å². The highest BCUT2D eigenvalue weighted by Gasteiger charge is 2.31. The predicted molar refractivity (Wildman–Crippen MR) is 55.7 cm³/mol. The summed E-state index contributed by atoms with van der Waals surface area (Å²) in [6.45, 7) is 0. The number of nitrogens with one attached hydrogen (secondary N) is 2. The molecule has 0 saturated heterocycles. The molecule has 0 aromatic heterocycles. The van der Waals surface area contributed by atoms with E-state index in [1.54, 1.807) is 0 Å². The zero-order valence-corrected chi connectivity index (χ0v) is 9.41. The summed E-state index contributed by atoms with van der Waals surface area (Å²) in [6, 6.07) is -0.368. The Labute approximate surface area is 89.3 Å². The molecule has 15 heavy (non-hydrogen) atoms. The number of quaternary nitrogens is 1. The van der Waals surface area contributed by atoms with Crippen molar-refractivity contribution in [3.05, 3.63) is 0 Å². The zero-order chi connectivity index (χ0) is 12.1. The van der Waals surface area contributed by atoms with Crippen molar-refractivity contribution in [3.63, 3.8) is 0 Å². The van der Waals surface area contributed by atoms with Crippen molar-refractivity contribution in [2.24, 2.45) is 11.7 Å². The molecule has 1 atom stereocenters. The summed E-state index contributed by atoms with van der Waals surface area (Å²) in [5, 5.41) is 0. The van der Waals surface area contributed by atoms with Crippen LogP contribution >= 0.6 is 0 Å². The van der Waals surface area contributed by atoms with Crippen LogP contribution in [0.5, 0.6) is 0 Å². The van der Waals surface area contributed by atoms with Crippen molar-refractivity contribution in [2.45, 2.75) is 18.9 Å². The Morgan fingerprint density at radius 3 is 2.07 bits per heavy atom. The zero-order valence-electron chi connectivity index (χ0n) is 9.41. The number of hydrogen-bond acceptors (Lipinski definition) is 4. The number of nitrogens with two attached hydrogens (primary N) is 2. The highest BCUT2D eigenvalue weighted by Crippen LogP contribution is 2.09. The van der Waals surface area contributed by atoms with Crippen molar-refractivity contribution in [2.75, 3.05) is 21.1 Å². The van der Waals surface area contributed by atoms with E-state index in [-0.39, 0.29) is 24.3 Å². The molecule has 7 nitrogen and oxygen atoms in total. The molecule has 0 bridgehead atoms. The van der Waals surface area contributed by atoms with Gasteiger partial charge in [-0.25, -0.2) is 11.7 Å². The quantitative estimate of drug-likeness (QED) is 0.182. The Morgan fingerprint density at radius 1 is 1.20 bits per heavy atom. The number of amides is 2. The maximum Gasteiger partial charge on any atom is 0.292 e. The molecule has 0 spiro atoms. The fourth-order valence-corrected chi connectivity index (χ4v) is 1.31. The number of rotatable bonds is 5. The van der Waals surface area contributed by atoms with Crippen LogP contribution in [0.4, 0.5) is 0 Å². The lowest BCUT2D eigenvalue weighted by Gasteiger charge is -2.32. The second kappa shape index (κ2) is 5.64. The summed E-state index contributed by atoms with van der Waals surface area (Å²) < 4.78 is 0.404. The molecule has 0 aromatic rings. The Kier molecular flexibility index (Phi) is 5.20. The third kappa shape index (κ3) is 4.73. The topological polar surface area (TPSA) is 110 Å². The van der Waals surface area contributed by atoms with Gasteiger partial charge in [0.25, 0.3) is 5.91 Å². The summed E-state index contributed by atoms with van der Waals surface area (Å²) in [7, 11) is 5.58. The maximum atomic E-state index is 11.4. The number of hydrazine groups is 2. The van der Waals surface area contributed by atoms with E-state index >= 15 is 0 Å². The van der Waals surface area contributed by atoms with E-state index in [9.17, 15) is 9.59 Å². The van der Waals surface area contributed by atoms with Crippen LogP contribution in [0.2, 0.25) is 0 Å². The van der Waals surface area contributed by atoms with Crippen molar-refractivity contribution >= 4 is 11.8 Å². The molecule has 0 radical (unpaired) electrons. The SMILES string of the molecule is C[N+](C)(C)C(CCC(=O)NN)C(=O)NN. The van der Waals surface area contributed by atoms with Crippen molar-refractivity contribution in [1.29, 1.82) is 0 Å². The van der Waals surface area contributed by atoms with Crippen LogP contribution in [0.25, 0.3) is 0 Å². The third-order valence-corrected chi connectivity index (χ3v) is 2.19. The Hall–Kier alpha value is -1.18. The molecule has 0 aromatic carbocycles. The number of nitrogens with zero attached hydrogens (tertiary/aromatic N) is 1. The maximum absolute atomic E-state index is 11.4. The molecular weight excluding hydrogens is 198 g/mol. The van der Waals surface area contributed by atoms with Crippen molar-refractivity contribution in [1.82, 2.24) is 10.9 Å². The molecule has 7 heteroatoms. The number of hydrogen-bond donors (Lipinski definition) is 4. The van der Waals surface area contributed by atoms with Gasteiger partial charge in [0.1, 0.15) is 0 Å². The molecule has 0 aliphatic heterocycles. The molecule has 6 N–H and O–H groups in total. The average molecular weight is 218 g/mol. The lowest BCUT2D eigenvalue weighted by molar-refractivity contribution is -0.886. The van der Waals surface area contributed by atoms with Crippen LogP contribution in [0.15, 0.2) is 0 Å². The number of carbonyl (C=O) groups excluding carboxylic acids is 2. The van der Waals surface area contributed by atoms with Gasteiger partial charge in [-0.05, 0) is 0 Å². The van der Waals surface area contributed by atoms with Crippen molar-refractivity contribution < 1.29 is 14.1 Å². The van der Waals surface area contributed by atoms with E-state index in [0.717, 1.165) is 0 Å². The largest absolute Gasteiger partial charge is 0.321 e. The van der Waals surface area contributed by atoms with Crippen LogP contribution in [-0.4, -0.2) is 43.5 Å². The third-order valence-electron chi connectivity index (χ3n) is 2.19. The van der Waals surface area contributed by atoms with Crippen molar-refractivity contribution in [3.8, 4) is 0 Å². The molecule has 88 valence electrons. The predicted octanol–water partition coefficient (Wildman–Crippen LogP) is -2.18. The van der Waals surface area contributed by atoms with Gasteiger partial charge in [-0.1, -0.05) is 0 Å². The first kappa shape index (κ1) is 13.8. The van der Waals surface area contributed by atoms with Crippen LogP contribution in [-0.2, 0) is 9.59 Å². The van der Waals surface area contributed by atoms with Gasteiger partial charge in [0.2, 0.25) is 5.91 Å². The molecule has 0 aliphatic rings. The van der Waals surface area contributed by atoms with Crippen LogP contribution < -0.4 is 22.5 Å². The number of carbonyl (C=O) groups is 2. The second-order valence-corrected chi connectivity index (χ2v) is 4.25. The second-order valence-electron chi connectivity index (χ2n) is 4.25. The van der Waals surface area contributed by atoms with E-state index in [4.69, 9.17) is 11.7 Å². The van der Waals surface area contributed by atoms with Gasteiger partial charge in [0.05, 0.1) is 21.1 Å². The van der Waals surface area contributed by atoms with Gasteiger partial charge in [0.15, 0.2) is 6.04 Å². The molecule has 0 fully saturated rings. The van der Waals surface area contributed by atoms with Gasteiger partial charge < -0.3 is 4.48 Å². The van der Waals surface area contributed by atoms with Gasteiger partial charge in [0, 0.05) is 12.8 Å². The van der Waals surface area contributed by atoms with E-state index in [2.05, 4.69) is 5.43 Å². The van der Waals surface area contributed by atoms with Gasteiger partial charge in [-0.2, -0.15) is 0 Å². The minimum absolute atomic E-state index is 0.199. The van der Waals surface area contributed by atoms with Crippen LogP contribution in [0, 0.1) is 0 Å². The van der Waals surface area contributed by atoms with E-state index in [1.807, 2.05) is 26.6 Å². The summed E-state index contributed by atoms with van der Waals surface area (Å²) >= 11 is 0.